The zero-order chi connectivity index (χ0) is 13.9. The minimum atomic E-state index is -0.0551. The van der Waals surface area contributed by atoms with Crippen LogP contribution in [0.25, 0.3) is 0 Å². The molecule has 0 spiro atoms. The fourth-order valence-electron chi connectivity index (χ4n) is 1.44. The predicted octanol–water partition coefficient (Wildman–Crippen LogP) is 4.55. The van der Waals surface area contributed by atoms with Crippen molar-refractivity contribution in [2.24, 2.45) is 0 Å². The molecule has 1 heterocycles. The standard InChI is InChI=1S/C14H16ClN3S/c1-14(2,3)11-9-12(15)17-13(16-11)18-19-10-7-5-4-6-8-10/h4-9H,1-3H3,(H,16,17,18). The molecular formula is C14H16ClN3S. The lowest BCUT2D eigenvalue weighted by Crippen LogP contribution is -2.14. The van der Waals surface area contributed by atoms with Crippen molar-refractivity contribution in [1.29, 1.82) is 0 Å². The van der Waals surface area contributed by atoms with E-state index in [0.717, 1.165) is 10.6 Å². The van der Waals surface area contributed by atoms with E-state index in [-0.39, 0.29) is 5.41 Å². The molecule has 5 heteroatoms. The molecule has 1 N–H and O–H groups in total. The molecule has 2 aromatic rings. The van der Waals surface area contributed by atoms with Gasteiger partial charge in [0.2, 0.25) is 5.95 Å². The van der Waals surface area contributed by atoms with E-state index in [2.05, 4.69) is 35.5 Å². The summed E-state index contributed by atoms with van der Waals surface area (Å²) in [6, 6.07) is 11.8. The van der Waals surface area contributed by atoms with Gasteiger partial charge >= 0.3 is 0 Å². The summed E-state index contributed by atoms with van der Waals surface area (Å²) in [7, 11) is 0. The molecule has 0 unspecified atom stereocenters. The fraction of sp³-hybridized carbons (Fsp3) is 0.286. The summed E-state index contributed by atoms with van der Waals surface area (Å²) >= 11 is 7.51. The summed E-state index contributed by atoms with van der Waals surface area (Å²) < 4.78 is 3.12. The second-order valence-corrected chi connectivity index (χ2v) is 6.43. The lowest BCUT2D eigenvalue weighted by atomic mass is 9.92. The van der Waals surface area contributed by atoms with Gasteiger partial charge in [0.15, 0.2) is 0 Å². The highest BCUT2D eigenvalue weighted by Crippen LogP contribution is 2.25. The highest BCUT2D eigenvalue weighted by atomic mass is 35.5. The smallest absolute Gasteiger partial charge is 0.234 e. The number of hydrogen-bond acceptors (Lipinski definition) is 4. The molecule has 0 amide bonds. The molecule has 100 valence electrons. The topological polar surface area (TPSA) is 37.8 Å². The van der Waals surface area contributed by atoms with Crippen molar-refractivity contribution < 1.29 is 0 Å². The van der Waals surface area contributed by atoms with Crippen molar-refractivity contribution in [3.63, 3.8) is 0 Å². The highest BCUT2D eigenvalue weighted by Gasteiger charge is 2.17. The first-order valence-corrected chi connectivity index (χ1v) is 7.17. The van der Waals surface area contributed by atoms with Gasteiger partial charge in [0.1, 0.15) is 5.15 Å². The molecule has 0 saturated carbocycles. The summed E-state index contributed by atoms with van der Waals surface area (Å²) in [5.74, 6) is 0.534. The Morgan fingerprint density at radius 3 is 2.42 bits per heavy atom. The molecule has 0 radical (unpaired) electrons. The Hall–Kier alpha value is -1.26. The van der Waals surface area contributed by atoms with E-state index < -0.39 is 0 Å². The van der Waals surface area contributed by atoms with Crippen LogP contribution in [0, 0.1) is 0 Å². The number of nitrogens with one attached hydrogen (secondary N) is 1. The number of aromatic nitrogens is 2. The van der Waals surface area contributed by atoms with Crippen LogP contribution >= 0.6 is 23.5 Å². The van der Waals surface area contributed by atoms with Gasteiger partial charge in [-0.05, 0) is 30.1 Å². The molecule has 1 aromatic heterocycles. The number of anilines is 1. The van der Waals surface area contributed by atoms with E-state index in [1.807, 2.05) is 30.3 Å². The summed E-state index contributed by atoms with van der Waals surface area (Å²) in [5, 5.41) is 0.455. The lowest BCUT2D eigenvalue weighted by molar-refractivity contribution is 0.568. The van der Waals surface area contributed by atoms with Crippen molar-refractivity contribution in [2.75, 3.05) is 4.72 Å². The van der Waals surface area contributed by atoms with Crippen molar-refractivity contribution in [3.05, 3.63) is 47.2 Å². The minimum Gasteiger partial charge on any atom is -0.294 e. The van der Waals surface area contributed by atoms with Crippen LogP contribution in [0.1, 0.15) is 26.5 Å². The van der Waals surface area contributed by atoms with E-state index in [1.165, 1.54) is 11.9 Å². The SMILES string of the molecule is CC(C)(C)c1cc(Cl)nc(NSc2ccccc2)n1. The zero-order valence-corrected chi connectivity index (χ0v) is 12.7. The minimum absolute atomic E-state index is 0.0551. The summed E-state index contributed by atoms with van der Waals surface area (Å²) in [6.07, 6.45) is 0. The van der Waals surface area contributed by atoms with Crippen LogP contribution in [0.2, 0.25) is 5.15 Å². The van der Waals surface area contributed by atoms with E-state index in [0.29, 0.717) is 11.1 Å². The van der Waals surface area contributed by atoms with E-state index in [9.17, 15) is 0 Å². The average molecular weight is 294 g/mol. The Morgan fingerprint density at radius 1 is 1.11 bits per heavy atom. The average Bonchev–Trinajstić information content (AvgIpc) is 2.36. The molecular weight excluding hydrogens is 278 g/mol. The van der Waals surface area contributed by atoms with Crippen LogP contribution in [-0.4, -0.2) is 9.97 Å². The molecule has 0 saturated heterocycles. The first kappa shape index (κ1) is 14.2. The molecule has 0 aliphatic carbocycles. The van der Waals surface area contributed by atoms with Crippen molar-refractivity contribution in [3.8, 4) is 0 Å². The Kier molecular flexibility index (Phi) is 4.32. The molecule has 2 rings (SSSR count). The van der Waals surface area contributed by atoms with Crippen molar-refractivity contribution in [1.82, 2.24) is 9.97 Å². The Morgan fingerprint density at radius 2 is 1.79 bits per heavy atom. The molecule has 0 aliphatic rings. The lowest BCUT2D eigenvalue weighted by Gasteiger charge is -2.18. The predicted molar refractivity (Wildman–Crippen MR) is 81.7 cm³/mol. The molecule has 0 aliphatic heterocycles. The molecule has 0 bridgehead atoms. The van der Waals surface area contributed by atoms with Crippen LogP contribution in [-0.2, 0) is 5.41 Å². The third-order valence-electron chi connectivity index (χ3n) is 2.47. The van der Waals surface area contributed by atoms with Crippen molar-refractivity contribution in [2.45, 2.75) is 31.1 Å². The first-order valence-electron chi connectivity index (χ1n) is 5.98. The van der Waals surface area contributed by atoms with Crippen LogP contribution in [0.5, 0.6) is 0 Å². The van der Waals surface area contributed by atoms with Crippen LogP contribution in [0.3, 0.4) is 0 Å². The van der Waals surface area contributed by atoms with E-state index in [1.54, 1.807) is 6.07 Å². The molecule has 3 nitrogen and oxygen atoms in total. The number of rotatable bonds is 3. The summed E-state index contributed by atoms with van der Waals surface area (Å²) in [5.41, 5.74) is 0.865. The monoisotopic (exact) mass is 293 g/mol. The quantitative estimate of drug-likeness (QED) is 0.665. The van der Waals surface area contributed by atoms with Gasteiger partial charge < -0.3 is 0 Å². The maximum Gasteiger partial charge on any atom is 0.234 e. The van der Waals surface area contributed by atoms with Gasteiger partial charge in [-0.1, -0.05) is 50.6 Å². The number of benzene rings is 1. The van der Waals surface area contributed by atoms with Crippen molar-refractivity contribution >= 4 is 29.5 Å². The summed E-state index contributed by atoms with van der Waals surface area (Å²) in [6.45, 7) is 6.29. The van der Waals surface area contributed by atoms with Crippen LogP contribution in [0.15, 0.2) is 41.3 Å². The summed E-state index contributed by atoms with van der Waals surface area (Å²) in [4.78, 5) is 9.78. The Labute approximate surface area is 122 Å². The number of halogens is 1. The second kappa shape index (κ2) is 5.80. The van der Waals surface area contributed by atoms with Crippen LogP contribution in [0.4, 0.5) is 5.95 Å². The number of nitrogens with zero attached hydrogens (tertiary/aromatic N) is 2. The highest BCUT2D eigenvalue weighted by molar-refractivity contribution is 8.00. The maximum absolute atomic E-state index is 6.04. The van der Waals surface area contributed by atoms with Gasteiger partial charge in [-0.15, -0.1) is 0 Å². The normalized spacial score (nSPS) is 11.4. The van der Waals surface area contributed by atoms with Crippen LogP contribution < -0.4 is 4.72 Å². The maximum atomic E-state index is 6.04. The van der Waals surface area contributed by atoms with E-state index in [4.69, 9.17) is 11.6 Å². The Balaban J connectivity index is 2.15. The fourth-order valence-corrected chi connectivity index (χ4v) is 2.22. The van der Waals surface area contributed by atoms with Gasteiger partial charge in [0.25, 0.3) is 0 Å². The largest absolute Gasteiger partial charge is 0.294 e. The van der Waals surface area contributed by atoms with Gasteiger partial charge in [0, 0.05) is 10.3 Å². The third-order valence-corrected chi connectivity index (χ3v) is 3.45. The molecule has 1 aromatic carbocycles. The number of hydrogen-bond donors (Lipinski definition) is 1. The third kappa shape index (κ3) is 4.11. The molecule has 19 heavy (non-hydrogen) atoms. The Bertz CT molecular complexity index is 552. The van der Waals surface area contributed by atoms with Gasteiger partial charge in [-0.3, -0.25) is 4.72 Å². The zero-order valence-electron chi connectivity index (χ0n) is 11.1. The van der Waals surface area contributed by atoms with Gasteiger partial charge in [-0.25, -0.2) is 9.97 Å². The first-order chi connectivity index (χ1) is 8.95. The molecule has 0 atom stereocenters. The van der Waals surface area contributed by atoms with E-state index >= 15 is 0 Å². The second-order valence-electron chi connectivity index (χ2n) is 5.17. The van der Waals surface area contributed by atoms with Gasteiger partial charge in [0.05, 0.1) is 5.69 Å². The molecule has 0 fully saturated rings. The van der Waals surface area contributed by atoms with Gasteiger partial charge in [-0.2, -0.15) is 0 Å².